The molecule has 0 amide bonds. The zero-order chi connectivity index (χ0) is 20.8. The summed E-state index contributed by atoms with van der Waals surface area (Å²) in [5, 5.41) is 19.6. The Kier molecular flexibility index (Phi) is 4.24. The number of ketones is 1. The largest absolute Gasteiger partial charge is 0.343 e. The van der Waals surface area contributed by atoms with Crippen LogP contribution >= 0.6 is 0 Å². The van der Waals surface area contributed by atoms with E-state index in [9.17, 15) is 14.9 Å². The van der Waals surface area contributed by atoms with Crippen LogP contribution in [0.1, 0.15) is 42.0 Å². The molecule has 0 radical (unpaired) electrons. The van der Waals surface area contributed by atoms with E-state index < -0.39 is 4.92 Å². The maximum Gasteiger partial charge on any atom is 0.269 e. The molecule has 2 aromatic carbocycles. The molecule has 2 heterocycles. The standard InChI is InChI=1S/C23H20N4O3/c1-14-20-21(15-7-5-10-17(13-15)27(29)30)22-18(11-6-12-19(22)28)24-23(20)26(25-14)16-8-3-2-4-9-16/h2-5,7-10,13,21,24H,6,11-12H2,1H3. The zero-order valence-electron chi connectivity index (χ0n) is 16.5. The van der Waals surface area contributed by atoms with E-state index in [-0.39, 0.29) is 17.4 Å². The fraction of sp³-hybridized carbons (Fsp3) is 0.217. The average Bonchev–Trinajstić information content (AvgIpc) is 3.09. The highest BCUT2D eigenvalue weighted by Crippen LogP contribution is 2.47. The molecule has 1 aliphatic heterocycles. The van der Waals surface area contributed by atoms with Gasteiger partial charge in [0, 0.05) is 41.3 Å². The maximum absolute atomic E-state index is 13.0. The minimum atomic E-state index is -0.399. The summed E-state index contributed by atoms with van der Waals surface area (Å²) in [5.41, 5.74) is 4.98. The molecule has 3 aromatic rings. The van der Waals surface area contributed by atoms with Crippen LogP contribution in [0.3, 0.4) is 0 Å². The number of allylic oxidation sites excluding steroid dienone is 2. The number of rotatable bonds is 3. The highest BCUT2D eigenvalue weighted by atomic mass is 16.6. The van der Waals surface area contributed by atoms with E-state index in [0.717, 1.165) is 46.9 Å². The average molecular weight is 400 g/mol. The number of aromatic nitrogens is 2. The number of hydrogen-bond acceptors (Lipinski definition) is 5. The van der Waals surface area contributed by atoms with Crippen molar-refractivity contribution >= 4 is 17.3 Å². The summed E-state index contributed by atoms with van der Waals surface area (Å²) in [6, 6.07) is 16.4. The highest BCUT2D eigenvalue weighted by Gasteiger charge is 2.39. The monoisotopic (exact) mass is 400 g/mol. The van der Waals surface area contributed by atoms with Crippen molar-refractivity contribution < 1.29 is 9.72 Å². The second-order valence-corrected chi connectivity index (χ2v) is 7.67. The Hall–Kier alpha value is -3.74. The second-order valence-electron chi connectivity index (χ2n) is 7.67. The molecule has 1 aromatic heterocycles. The van der Waals surface area contributed by atoms with E-state index in [0.29, 0.717) is 12.0 Å². The van der Waals surface area contributed by atoms with Gasteiger partial charge in [-0.2, -0.15) is 5.10 Å². The number of nitro benzene ring substituents is 1. The van der Waals surface area contributed by atoms with Crippen molar-refractivity contribution in [1.29, 1.82) is 0 Å². The topological polar surface area (TPSA) is 90.1 Å². The lowest BCUT2D eigenvalue weighted by Gasteiger charge is -2.32. The van der Waals surface area contributed by atoms with Gasteiger partial charge in [0.1, 0.15) is 5.82 Å². The molecule has 0 saturated carbocycles. The van der Waals surface area contributed by atoms with E-state index in [1.54, 1.807) is 12.1 Å². The third-order valence-corrected chi connectivity index (χ3v) is 5.82. The SMILES string of the molecule is Cc1nn(-c2ccccc2)c2c1C(c1cccc([N+](=O)[O-])c1)C1=C(CCCC1=O)N2. The molecule has 1 aliphatic carbocycles. The molecule has 0 saturated heterocycles. The van der Waals surface area contributed by atoms with Crippen molar-refractivity contribution in [1.82, 2.24) is 9.78 Å². The first-order valence-electron chi connectivity index (χ1n) is 9.97. The Balaban J connectivity index is 1.76. The number of para-hydroxylation sites is 1. The third kappa shape index (κ3) is 2.82. The van der Waals surface area contributed by atoms with Gasteiger partial charge in [-0.25, -0.2) is 4.68 Å². The van der Waals surface area contributed by atoms with Crippen molar-refractivity contribution in [3.8, 4) is 5.69 Å². The molecule has 30 heavy (non-hydrogen) atoms. The summed E-state index contributed by atoms with van der Waals surface area (Å²) >= 11 is 0. The van der Waals surface area contributed by atoms with E-state index >= 15 is 0 Å². The van der Waals surface area contributed by atoms with E-state index in [1.807, 2.05) is 48.0 Å². The number of nitrogens with zero attached hydrogens (tertiary/aromatic N) is 3. The maximum atomic E-state index is 13.0. The van der Waals surface area contributed by atoms with Crippen LogP contribution in [0, 0.1) is 17.0 Å². The summed E-state index contributed by atoms with van der Waals surface area (Å²) in [7, 11) is 0. The molecule has 1 N–H and O–H groups in total. The van der Waals surface area contributed by atoms with Gasteiger partial charge in [-0.05, 0) is 37.5 Å². The summed E-state index contributed by atoms with van der Waals surface area (Å²) in [6.45, 7) is 1.92. The predicted octanol–water partition coefficient (Wildman–Crippen LogP) is 4.65. The van der Waals surface area contributed by atoms with Gasteiger partial charge >= 0.3 is 0 Å². The van der Waals surface area contributed by atoms with Crippen molar-refractivity contribution in [2.45, 2.75) is 32.1 Å². The van der Waals surface area contributed by atoms with Crippen LogP contribution in [0.2, 0.25) is 0 Å². The molecule has 5 rings (SSSR count). The summed E-state index contributed by atoms with van der Waals surface area (Å²) in [6.07, 6.45) is 2.05. The minimum Gasteiger partial charge on any atom is -0.343 e. The third-order valence-electron chi connectivity index (χ3n) is 5.82. The van der Waals surface area contributed by atoms with Gasteiger partial charge in [0.25, 0.3) is 5.69 Å². The Morgan fingerprint density at radius 1 is 1.13 bits per heavy atom. The van der Waals surface area contributed by atoms with Crippen LogP contribution in [0.5, 0.6) is 0 Å². The van der Waals surface area contributed by atoms with Gasteiger partial charge in [-0.1, -0.05) is 30.3 Å². The van der Waals surface area contributed by atoms with Crippen LogP contribution in [0.15, 0.2) is 65.9 Å². The number of nitrogens with one attached hydrogen (secondary N) is 1. The highest BCUT2D eigenvalue weighted by molar-refractivity contribution is 6.01. The van der Waals surface area contributed by atoms with Crippen LogP contribution in [-0.2, 0) is 4.79 Å². The van der Waals surface area contributed by atoms with Crippen LogP contribution in [-0.4, -0.2) is 20.5 Å². The molecule has 1 unspecified atom stereocenters. The molecule has 7 heteroatoms. The van der Waals surface area contributed by atoms with Crippen molar-refractivity contribution in [2.24, 2.45) is 0 Å². The number of hydrogen-bond donors (Lipinski definition) is 1. The predicted molar refractivity (Wildman–Crippen MR) is 113 cm³/mol. The lowest BCUT2D eigenvalue weighted by atomic mass is 9.76. The van der Waals surface area contributed by atoms with E-state index in [1.165, 1.54) is 6.07 Å². The number of carbonyl (C=O) groups excluding carboxylic acids is 1. The van der Waals surface area contributed by atoms with Gasteiger partial charge < -0.3 is 5.32 Å². The van der Waals surface area contributed by atoms with Gasteiger partial charge in [0.05, 0.1) is 16.3 Å². The van der Waals surface area contributed by atoms with Crippen LogP contribution in [0.4, 0.5) is 11.5 Å². The van der Waals surface area contributed by atoms with Crippen molar-refractivity contribution in [2.75, 3.05) is 5.32 Å². The number of non-ortho nitro benzene ring substituents is 1. The number of nitro groups is 1. The zero-order valence-corrected chi connectivity index (χ0v) is 16.5. The number of anilines is 1. The van der Waals surface area contributed by atoms with Gasteiger partial charge in [0.2, 0.25) is 0 Å². The number of aryl methyl sites for hydroxylation is 1. The molecule has 7 nitrogen and oxygen atoms in total. The number of Topliss-reactive ketones (excluding diaryl/α,β-unsaturated/α-hetero) is 1. The number of fused-ring (bicyclic) bond motifs is 1. The molecule has 0 fully saturated rings. The van der Waals surface area contributed by atoms with Gasteiger partial charge in [-0.15, -0.1) is 0 Å². The van der Waals surface area contributed by atoms with Crippen LogP contribution in [0.25, 0.3) is 5.69 Å². The smallest absolute Gasteiger partial charge is 0.269 e. The van der Waals surface area contributed by atoms with Gasteiger partial charge in [-0.3, -0.25) is 14.9 Å². The van der Waals surface area contributed by atoms with Crippen LogP contribution < -0.4 is 5.32 Å². The second kappa shape index (κ2) is 6.95. The fourth-order valence-electron chi connectivity index (χ4n) is 4.53. The Morgan fingerprint density at radius 3 is 2.70 bits per heavy atom. The Morgan fingerprint density at radius 2 is 1.93 bits per heavy atom. The molecule has 150 valence electrons. The van der Waals surface area contributed by atoms with Gasteiger partial charge in [0.15, 0.2) is 5.78 Å². The molecular formula is C23H20N4O3. The van der Waals surface area contributed by atoms with E-state index in [4.69, 9.17) is 5.10 Å². The lowest BCUT2D eigenvalue weighted by molar-refractivity contribution is -0.384. The lowest BCUT2D eigenvalue weighted by Crippen LogP contribution is -2.27. The molecule has 2 aliphatic rings. The Labute approximate surface area is 173 Å². The minimum absolute atomic E-state index is 0.0195. The van der Waals surface area contributed by atoms with Crippen molar-refractivity contribution in [3.63, 3.8) is 0 Å². The van der Waals surface area contributed by atoms with E-state index in [2.05, 4.69) is 5.32 Å². The molecular weight excluding hydrogens is 380 g/mol. The van der Waals surface area contributed by atoms with Crippen molar-refractivity contribution in [3.05, 3.63) is 92.8 Å². The fourth-order valence-corrected chi connectivity index (χ4v) is 4.53. The normalized spacial score (nSPS) is 17.9. The quantitative estimate of drug-likeness (QED) is 0.510. The Bertz CT molecular complexity index is 1210. The molecule has 0 spiro atoms. The first kappa shape index (κ1) is 18.3. The number of benzene rings is 2. The molecule has 1 atom stereocenters. The number of carbonyl (C=O) groups is 1. The first-order valence-corrected chi connectivity index (χ1v) is 9.97. The summed E-state index contributed by atoms with van der Waals surface area (Å²) in [4.78, 5) is 24.0. The molecule has 0 bridgehead atoms. The summed E-state index contributed by atoms with van der Waals surface area (Å²) < 4.78 is 1.86. The first-order chi connectivity index (χ1) is 14.5. The summed E-state index contributed by atoms with van der Waals surface area (Å²) in [5.74, 6) is 0.544.